The van der Waals surface area contributed by atoms with Gasteiger partial charge >= 0.3 is 5.97 Å². The first-order valence-corrected chi connectivity index (χ1v) is 5.65. The van der Waals surface area contributed by atoms with Gasteiger partial charge in [0.25, 0.3) is 5.91 Å². The first-order chi connectivity index (χ1) is 8.04. The number of hydrogen-bond acceptors (Lipinski definition) is 4. The molecule has 0 saturated carbocycles. The zero-order valence-corrected chi connectivity index (χ0v) is 10.6. The highest BCUT2D eigenvalue weighted by Crippen LogP contribution is 2.00. The van der Waals surface area contributed by atoms with Crippen molar-refractivity contribution in [1.29, 1.82) is 0 Å². The van der Waals surface area contributed by atoms with E-state index in [1.165, 1.54) is 25.3 Å². The van der Waals surface area contributed by atoms with Crippen LogP contribution in [0.15, 0.2) is 23.0 Å². The molecule has 92 valence electrons. The first-order valence-electron chi connectivity index (χ1n) is 4.74. The van der Waals surface area contributed by atoms with Crippen LogP contribution in [0, 0.1) is 0 Å². The smallest absolute Gasteiger partial charge is 0.321 e. The Bertz CT molecular complexity index is 471. The molecule has 0 bridgehead atoms. The second-order valence-corrected chi connectivity index (χ2v) is 4.23. The van der Waals surface area contributed by atoms with Crippen molar-refractivity contribution in [2.24, 2.45) is 0 Å². The van der Waals surface area contributed by atoms with E-state index in [1.807, 2.05) is 0 Å². The lowest BCUT2D eigenvalue weighted by atomic mass is 10.3. The highest BCUT2D eigenvalue weighted by Gasteiger charge is 2.16. The van der Waals surface area contributed by atoms with E-state index in [0.717, 1.165) is 0 Å². The van der Waals surface area contributed by atoms with Gasteiger partial charge in [0.05, 0.1) is 7.11 Å². The van der Waals surface area contributed by atoms with Gasteiger partial charge in [-0.1, -0.05) is 22.0 Å². The summed E-state index contributed by atoms with van der Waals surface area (Å²) < 4.78 is 4.47. The molecule has 0 spiro atoms. The molecule has 1 rings (SSSR count). The van der Waals surface area contributed by atoms with Crippen molar-refractivity contribution in [2.45, 2.75) is 4.83 Å². The van der Waals surface area contributed by atoms with Crippen molar-refractivity contribution in [3.05, 3.63) is 34.2 Å². The molecule has 0 radical (unpaired) electrons. The Balaban J connectivity index is 2.56. The number of aromatic amines is 1. The molecule has 0 fully saturated rings. The summed E-state index contributed by atoms with van der Waals surface area (Å²) >= 11 is 3.06. The summed E-state index contributed by atoms with van der Waals surface area (Å²) in [5.41, 5.74) is -0.219. The summed E-state index contributed by atoms with van der Waals surface area (Å²) in [4.78, 5) is 35.3. The lowest BCUT2D eigenvalue weighted by Gasteiger charge is -2.08. The van der Waals surface area contributed by atoms with Gasteiger partial charge in [0.15, 0.2) is 0 Å². The molecule has 2 N–H and O–H groups in total. The minimum absolute atomic E-state index is 0.0719. The number of pyridine rings is 1. The van der Waals surface area contributed by atoms with Gasteiger partial charge in [-0.15, -0.1) is 0 Å². The van der Waals surface area contributed by atoms with Crippen molar-refractivity contribution < 1.29 is 14.3 Å². The van der Waals surface area contributed by atoms with Crippen molar-refractivity contribution >= 4 is 27.8 Å². The van der Waals surface area contributed by atoms with Gasteiger partial charge in [0.2, 0.25) is 5.56 Å². The number of alkyl halides is 1. The monoisotopic (exact) mass is 302 g/mol. The van der Waals surface area contributed by atoms with Crippen LogP contribution in [0.3, 0.4) is 0 Å². The molecule has 0 aromatic carbocycles. The van der Waals surface area contributed by atoms with Gasteiger partial charge < -0.3 is 15.0 Å². The Labute approximate surface area is 105 Å². The normalized spacial score (nSPS) is 11.6. The van der Waals surface area contributed by atoms with Crippen molar-refractivity contribution in [3.8, 4) is 0 Å². The minimum atomic E-state index is -0.619. The third-order valence-electron chi connectivity index (χ3n) is 1.91. The number of aromatic nitrogens is 1. The van der Waals surface area contributed by atoms with Crippen LogP contribution in [0.2, 0.25) is 0 Å². The Hall–Kier alpha value is -1.63. The first kappa shape index (κ1) is 13.4. The number of halogens is 1. The Morgan fingerprint density at radius 3 is 2.82 bits per heavy atom. The van der Waals surface area contributed by atoms with Gasteiger partial charge in [-0.3, -0.25) is 14.4 Å². The number of esters is 1. The number of ether oxygens (including phenoxy) is 1. The quantitative estimate of drug-likeness (QED) is 0.607. The maximum Gasteiger partial charge on any atom is 0.321 e. The standard InChI is InChI=1S/C10H11BrN2O4/c1-17-10(16)6(11)5-12-9(15)7-3-2-4-8(14)13-7/h2-4,6H,5H2,1H3,(H,12,15)(H,13,14). The van der Waals surface area contributed by atoms with Crippen LogP contribution >= 0.6 is 15.9 Å². The van der Waals surface area contributed by atoms with Crippen molar-refractivity contribution in [1.82, 2.24) is 10.3 Å². The highest BCUT2D eigenvalue weighted by atomic mass is 79.9. The van der Waals surface area contributed by atoms with Gasteiger partial charge in [-0.05, 0) is 6.07 Å². The maximum atomic E-state index is 11.6. The molecule has 0 aliphatic heterocycles. The zero-order valence-electron chi connectivity index (χ0n) is 9.03. The molecule has 1 atom stereocenters. The van der Waals surface area contributed by atoms with E-state index in [4.69, 9.17) is 0 Å². The van der Waals surface area contributed by atoms with Gasteiger partial charge in [0.1, 0.15) is 10.5 Å². The number of nitrogens with one attached hydrogen (secondary N) is 2. The number of H-pyrrole nitrogens is 1. The van der Waals surface area contributed by atoms with Crippen LogP contribution < -0.4 is 10.9 Å². The lowest BCUT2D eigenvalue weighted by Crippen LogP contribution is -2.34. The SMILES string of the molecule is COC(=O)C(Br)CNC(=O)c1cccc(=O)[nH]1. The predicted molar refractivity (Wildman–Crippen MR) is 64.1 cm³/mol. The van der Waals surface area contributed by atoms with Gasteiger partial charge in [-0.25, -0.2) is 0 Å². The van der Waals surface area contributed by atoms with E-state index >= 15 is 0 Å². The van der Waals surface area contributed by atoms with Crippen LogP contribution in [-0.4, -0.2) is 35.3 Å². The Morgan fingerprint density at radius 1 is 1.53 bits per heavy atom. The molecule has 1 aromatic rings. The topological polar surface area (TPSA) is 88.3 Å². The third-order valence-corrected chi connectivity index (χ3v) is 2.61. The number of amides is 1. The molecule has 1 heterocycles. The highest BCUT2D eigenvalue weighted by molar-refractivity contribution is 9.10. The largest absolute Gasteiger partial charge is 0.468 e. The molecule has 7 heteroatoms. The summed E-state index contributed by atoms with van der Waals surface area (Å²) in [7, 11) is 1.26. The maximum absolute atomic E-state index is 11.6. The molecule has 1 aromatic heterocycles. The van der Waals surface area contributed by atoms with E-state index in [-0.39, 0.29) is 17.8 Å². The summed E-state index contributed by atoms with van der Waals surface area (Å²) in [5.74, 6) is -0.942. The number of carbonyl (C=O) groups excluding carboxylic acids is 2. The van der Waals surface area contributed by atoms with Crippen LogP contribution in [-0.2, 0) is 9.53 Å². The van der Waals surface area contributed by atoms with Crippen molar-refractivity contribution in [3.63, 3.8) is 0 Å². The van der Waals surface area contributed by atoms with E-state index in [1.54, 1.807) is 0 Å². The van der Waals surface area contributed by atoms with Crippen LogP contribution in [0.4, 0.5) is 0 Å². The number of methoxy groups -OCH3 is 1. The van der Waals surface area contributed by atoms with E-state index in [9.17, 15) is 14.4 Å². The summed E-state index contributed by atoms with van der Waals surface area (Å²) in [5, 5.41) is 2.48. The Kier molecular flexibility index (Phi) is 4.89. The molecule has 0 aliphatic rings. The van der Waals surface area contributed by atoms with Crippen LogP contribution in [0.25, 0.3) is 0 Å². The number of carbonyl (C=O) groups is 2. The average molecular weight is 303 g/mol. The summed E-state index contributed by atoms with van der Waals surface area (Å²) in [6.07, 6.45) is 0. The average Bonchev–Trinajstić information content (AvgIpc) is 2.34. The minimum Gasteiger partial charge on any atom is -0.468 e. The van der Waals surface area contributed by atoms with E-state index in [2.05, 4.69) is 31.0 Å². The molecule has 1 unspecified atom stereocenters. The van der Waals surface area contributed by atoms with E-state index < -0.39 is 16.7 Å². The summed E-state index contributed by atoms with van der Waals surface area (Å²) in [6, 6.07) is 4.25. The predicted octanol–water partition coefficient (Wildman–Crippen LogP) is 0.0412. The van der Waals surface area contributed by atoms with E-state index in [0.29, 0.717) is 0 Å². The summed E-state index contributed by atoms with van der Waals surface area (Å²) in [6.45, 7) is 0.0719. The van der Waals surface area contributed by atoms with Crippen LogP contribution in [0.1, 0.15) is 10.5 Å². The number of rotatable bonds is 4. The van der Waals surface area contributed by atoms with Crippen LogP contribution in [0.5, 0.6) is 0 Å². The molecule has 0 aliphatic carbocycles. The van der Waals surface area contributed by atoms with Crippen molar-refractivity contribution in [2.75, 3.05) is 13.7 Å². The molecular formula is C10H11BrN2O4. The zero-order chi connectivity index (χ0) is 12.8. The Morgan fingerprint density at radius 2 is 2.24 bits per heavy atom. The third kappa shape index (κ3) is 4.03. The molecule has 6 nitrogen and oxygen atoms in total. The molecule has 1 amide bonds. The van der Waals surface area contributed by atoms with Gasteiger partial charge in [-0.2, -0.15) is 0 Å². The second-order valence-electron chi connectivity index (χ2n) is 3.13. The molecule has 17 heavy (non-hydrogen) atoms. The fourth-order valence-corrected chi connectivity index (χ4v) is 1.42. The molecular weight excluding hydrogens is 292 g/mol. The lowest BCUT2D eigenvalue weighted by molar-refractivity contribution is -0.139. The molecule has 0 saturated heterocycles. The van der Waals surface area contributed by atoms with Gasteiger partial charge in [0, 0.05) is 12.6 Å². The fraction of sp³-hybridized carbons (Fsp3) is 0.300. The number of hydrogen-bond donors (Lipinski definition) is 2. The fourth-order valence-electron chi connectivity index (χ4n) is 1.07. The second kappa shape index (κ2) is 6.19.